The average molecular weight is 312 g/mol. The second-order valence-corrected chi connectivity index (χ2v) is 4.90. The molecule has 118 valence electrons. The molecule has 11 nitrogen and oxygen atoms in total. The van der Waals surface area contributed by atoms with Crippen LogP contribution >= 0.6 is 0 Å². The molecule has 0 bridgehead atoms. The van der Waals surface area contributed by atoms with Gasteiger partial charge in [-0.3, -0.25) is 9.69 Å². The highest BCUT2D eigenvalue weighted by Gasteiger charge is 2.60. The van der Waals surface area contributed by atoms with Crippen molar-refractivity contribution in [3.8, 4) is 0 Å². The van der Waals surface area contributed by atoms with Gasteiger partial charge < -0.3 is 25.2 Å². The standard InChI is InChI=1S/C11H12N4O7/c16-1-4-5(17)6(18)7(22-4)15-3-14-11(10(20)21)8(15)12-2-13-9(11)19/h2-7,16-18H,1H2,(H,20,21). The highest BCUT2D eigenvalue weighted by molar-refractivity contribution is 6.34. The maximum Gasteiger partial charge on any atom is 0.349 e. The predicted molar refractivity (Wildman–Crippen MR) is 69.4 cm³/mol. The number of carboxylic acids is 1. The summed E-state index contributed by atoms with van der Waals surface area (Å²) in [4.78, 5) is 35.2. The van der Waals surface area contributed by atoms with Gasteiger partial charge in [0.05, 0.1) is 12.9 Å². The molecule has 5 unspecified atom stereocenters. The normalized spacial score (nSPS) is 40.0. The second-order valence-electron chi connectivity index (χ2n) is 4.90. The number of aliphatic hydroxyl groups excluding tert-OH is 3. The maximum atomic E-state index is 11.9. The van der Waals surface area contributed by atoms with Crippen LogP contribution in [-0.4, -0.2) is 92.4 Å². The van der Waals surface area contributed by atoms with Gasteiger partial charge >= 0.3 is 5.97 Å². The van der Waals surface area contributed by atoms with Gasteiger partial charge in [0.25, 0.3) is 11.4 Å². The van der Waals surface area contributed by atoms with Crippen molar-refractivity contribution >= 4 is 30.4 Å². The third-order valence-corrected chi connectivity index (χ3v) is 3.71. The second kappa shape index (κ2) is 4.91. The Labute approximate surface area is 122 Å². The summed E-state index contributed by atoms with van der Waals surface area (Å²) in [7, 11) is 0. The number of aliphatic hydroxyl groups is 3. The highest BCUT2D eigenvalue weighted by atomic mass is 16.6. The zero-order valence-electron chi connectivity index (χ0n) is 11.0. The molecule has 0 aromatic heterocycles. The number of carboxylic acid groups (broad SMARTS) is 1. The molecule has 1 amide bonds. The fourth-order valence-electron chi connectivity index (χ4n) is 2.53. The molecule has 1 saturated heterocycles. The van der Waals surface area contributed by atoms with E-state index >= 15 is 0 Å². The summed E-state index contributed by atoms with van der Waals surface area (Å²) in [5, 5.41) is 38.2. The molecule has 3 rings (SSSR count). The van der Waals surface area contributed by atoms with Crippen molar-refractivity contribution in [2.75, 3.05) is 6.61 Å². The van der Waals surface area contributed by atoms with Gasteiger partial charge in [-0.2, -0.15) is 4.99 Å². The van der Waals surface area contributed by atoms with Crippen LogP contribution in [0, 0.1) is 0 Å². The van der Waals surface area contributed by atoms with Crippen LogP contribution in [0.1, 0.15) is 0 Å². The van der Waals surface area contributed by atoms with Gasteiger partial charge in [0.2, 0.25) is 0 Å². The lowest BCUT2D eigenvalue weighted by atomic mass is 9.97. The van der Waals surface area contributed by atoms with E-state index in [0.29, 0.717) is 0 Å². The van der Waals surface area contributed by atoms with Crippen molar-refractivity contribution in [2.24, 2.45) is 15.0 Å². The molecule has 5 atom stereocenters. The van der Waals surface area contributed by atoms with Crippen LogP contribution in [0.15, 0.2) is 15.0 Å². The first-order valence-electron chi connectivity index (χ1n) is 6.28. The number of nitrogens with zero attached hydrogens (tertiary/aromatic N) is 4. The Morgan fingerprint density at radius 3 is 2.73 bits per heavy atom. The van der Waals surface area contributed by atoms with E-state index in [0.717, 1.165) is 17.6 Å². The average Bonchev–Trinajstić information content (AvgIpc) is 3.01. The fourth-order valence-corrected chi connectivity index (χ4v) is 2.53. The van der Waals surface area contributed by atoms with Crippen LogP contribution in [0.25, 0.3) is 0 Å². The first-order chi connectivity index (χ1) is 10.4. The number of aliphatic carboxylic acids is 1. The minimum Gasteiger partial charge on any atom is -0.479 e. The molecule has 22 heavy (non-hydrogen) atoms. The Bertz CT molecular complexity index is 618. The molecule has 3 heterocycles. The Balaban J connectivity index is 1.97. The van der Waals surface area contributed by atoms with Crippen LogP contribution in [-0.2, 0) is 14.3 Å². The van der Waals surface area contributed by atoms with Crippen LogP contribution in [0.5, 0.6) is 0 Å². The van der Waals surface area contributed by atoms with Crippen molar-refractivity contribution in [3.05, 3.63) is 0 Å². The third kappa shape index (κ3) is 1.73. The number of rotatable bonds is 3. The van der Waals surface area contributed by atoms with E-state index < -0.39 is 48.6 Å². The number of carbonyl (C=O) groups excluding carboxylic acids is 1. The summed E-state index contributed by atoms with van der Waals surface area (Å²) in [6.07, 6.45) is -3.26. The Hall–Kier alpha value is -2.21. The number of amides is 1. The van der Waals surface area contributed by atoms with E-state index in [1.165, 1.54) is 0 Å². The molecular formula is C11H12N4O7. The largest absolute Gasteiger partial charge is 0.479 e. The van der Waals surface area contributed by atoms with E-state index in [-0.39, 0.29) is 5.84 Å². The van der Waals surface area contributed by atoms with Crippen LogP contribution in [0.3, 0.4) is 0 Å². The van der Waals surface area contributed by atoms with Crippen LogP contribution in [0.4, 0.5) is 0 Å². The summed E-state index contributed by atoms with van der Waals surface area (Å²) in [6, 6.07) is 0. The van der Waals surface area contributed by atoms with Crippen LogP contribution in [0.2, 0.25) is 0 Å². The van der Waals surface area contributed by atoms with Gasteiger partial charge in [-0.05, 0) is 0 Å². The predicted octanol–water partition coefficient (Wildman–Crippen LogP) is -3.44. The quantitative estimate of drug-likeness (QED) is 0.391. The fraction of sp³-hybridized carbons (Fsp3) is 0.545. The molecule has 0 aromatic carbocycles. The third-order valence-electron chi connectivity index (χ3n) is 3.71. The molecule has 3 aliphatic heterocycles. The van der Waals surface area contributed by atoms with Gasteiger partial charge in [-0.15, -0.1) is 0 Å². The molecule has 0 aromatic rings. The van der Waals surface area contributed by atoms with E-state index in [9.17, 15) is 24.9 Å². The van der Waals surface area contributed by atoms with Gasteiger partial charge in [-0.25, -0.2) is 14.8 Å². The number of hydrogen-bond acceptors (Lipinski definition) is 9. The molecule has 0 radical (unpaired) electrons. The van der Waals surface area contributed by atoms with Gasteiger partial charge in [0.15, 0.2) is 12.1 Å². The van der Waals surface area contributed by atoms with Crippen molar-refractivity contribution in [1.82, 2.24) is 4.90 Å². The number of carbonyl (C=O) groups is 2. The molecule has 0 spiro atoms. The first kappa shape index (κ1) is 14.7. The van der Waals surface area contributed by atoms with E-state index in [1.807, 2.05) is 0 Å². The summed E-state index contributed by atoms with van der Waals surface area (Å²) >= 11 is 0. The lowest BCUT2D eigenvalue weighted by Gasteiger charge is -2.29. The van der Waals surface area contributed by atoms with Crippen molar-refractivity contribution in [2.45, 2.75) is 30.1 Å². The van der Waals surface area contributed by atoms with Crippen LogP contribution < -0.4 is 0 Å². The molecule has 4 N–H and O–H groups in total. The number of aliphatic imine (C=N–C) groups is 3. The van der Waals surface area contributed by atoms with Crippen molar-refractivity contribution in [3.63, 3.8) is 0 Å². The Kier molecular flexibility index (Phi) is 3.29. The van der Waals surface area contributed by atoms with Crippen molar-refractivity contribution < 1.29 is 34.8 Å². The Morgan fingerprint density at radius 1 is 1.41 bits per heavy atom. The zero-order chi connectivity index (χ0) is 16.1. The van der Waals surface area contributed by atoms with Gasteiger partial charge in [0, 0.05) is 0 Å². The SMILES string of the molecule is O=C(O)C12N=CN(C3OC(CO)C(O)C3O)C1=NC=NC2=O. The van der Waals surface area contributed by atoms with Crippen molar-refractivity contribution in [1.29, 1.82) is 0 Å². The topological polar surface area (TPSA) is 165 Å². The first-order valence-corrected chi connectivity index (χ1v) is 6.28. The number of amidine groups is 1. The lowest BCUT2D eigenvalue weighted by Crippen LogP contribution is -2.57. The lowest BCUT2D eigenvalue weighted by molar-refractivity contribution is -0.144. The summed E-state index contributed by atoms with van der Waals surface area (Å²) in [6.45, 7) is -0.545. The summed E-state index contributed by atoms with van der Waals surface area (Å²) < 4.78 is 5.28. The number of ether oxygens (including phenoxy) is 1. The number of hydrogen-bond donors (Lipinski definition) is 4. The monoisotopic (exact) mass is 312 g/mol. The minimum absolute atomic E-state index is 0.296. The highest BCUT2D eigenvalue weighted by Crippen LogP contribution is 2.32. The summed E-state index contributed by atoms with van der Waals surface area (Å²) in [5.41, 5.74) is -2.32. The van der Waals surface area contributed by atoms with Gasteiger partial charge in [0.1, 0.15) is 24.7 Å². The molecule has 11 heteroatoms. The van der Waals surface area contributed by atoms with E-state index in [2.05, 4.69) is 15.0 Å². The maximum absolute atomic E-state index is 11.9. The molecule has 0 saturated carbocycles. The zero-order valence-corrected chi connectivity index (χ0v) is 11.0. The molecule has 3 aliphatic rings. The van der Waals surface area contributed by atoms with Gasteiger partial charge in [-0.1, -0.05) is 0 Å². The van der Waals surface area contributed by atoms with E-state index in [1.54, 1.807) is 0 Å². The molecule has 1 fully saturated rings. The molecule has 0 aliphatic carbocycles. The Morgan fingerprint density at radius 2 is 2.14 bits per heavy atom. The smallest absolute Gasteiger partial charge is 0.349 e. The molecular weight excluding hydrogens is 300 g/mol. The summed E-state index contributed by atoms with van der Waals surface area (Å²) in [5.74, 6) is -2.90. The van der Waals surface area contributed by atoms with E-state index in [4.69, 9.17) is 9.84 Å². The minimum atomic E-state index is -2.32. The number of fused-ring (bicyclic) bond motifs is 1.